The third-order valence-corrected chi connectivity index (χ3v) is 5.18. The summed E-state index contributed by atoms with van der Waals surface area (Å²) >= 11 is 3.35. The highest BCUT2D eigenvalue weighted by Crippen LogP contribution is 2.21. The van der Waals surface area contributed by atoms with E-state index >= 15 is 0 Å². The maximum Gasteiger partial charge on any atom is 0.286 e. The minimum Gasteiger partial charge on any atom is -0.496 e. The highest BCUT2D eigenvalue weighted by molar-refractivity contribution is 9.10. The lowest BCUT2D eigenvalue weighted by molar-refractivity contribution is 0.410. The van der Waals surface area contributed by atoms with Gasteiger partial charge in [-0.3, -0.25) is 9.36 Å². The summed E-state index contributed by atoms with van der Waals surface area (Å²) in [5.74, 6) is 1.84. The van der Waals surface area contributed by atoms with Crippen molar-refractivity contribution in [3.8, 4) is 5.75 Å². The number of para-hydroxylation sites is 1. The predicted molar refractivity (Wildman–Crippen MR) is 110 cm³/mol. The molecule has 9 heteroatoms. The predicted octanol–water partition coefficient (Wildman–Crippen LogP) is 3.32. The molecule has 0 amide bonds. The zero-order valence-corrected chi connectivity index (χ0v) is 17.4. The minimum absolute atomic E-state index is 0.204. The number of halogens is 1. The fourth-order valence-corrected chi connectivity index (χ4v) is 3.80. The van der Waals surface area contributed by atoms with Crippen molar-refractivity contribution in [2.24, 2.45) is 0 Å². The number of nitrogens with zero attached hydrogens (tertiary/aromatic N) is 5. The van der Waals surface area contributed by atoms with Crippen LogP contribution in [-0.2, 0) is 13.0 Å². The number of aromatic nitrogens is 6. The quantitative estimate of drug-likeness (QED) is 0.348. The van der Waals surface area contributed by atoms with E-state index in [1.54, 1.807) is 11.5 Å². The molecule has 28 heavy (non-hydrogen) atoms. The molecule has 4 rings (SSSR count). The number of benzene rings is 1. The van der Waals surface area contributed by atoms with Gasteiger partial charge in [-0.25, -0.2) is 9.38 Å². The van der Waals surface area contributed by atoms with Crippen molar-refractivity contribution in [2.75, 3.05) is 7.11 Å². The van der Waals surface area contributed by atoms with E-state index in [0.29, 0.717) is 33.9 Å². The van der Waals surface area contributed by atoms with Gasteiger partial charge in [0.15, 0.2) is 15.9 Å². The first-order valence-electron chi connectivity index (χ1n) is 9.28. The molecule has 0 aliphatic carbocycles. The number of fused-ring (bicyclic) bond motifs is 2. The Kier molecular flexibility index (Phi) is 5.17. The lowest BCUT2D eigenvalue weighted by atomic mass is 10.1. The number of unbranched alkanes of at least 4 members (excludes halogenated alkanes) is 2. The average molecular weight is 445 g/mol. The van der Waals surface area contributed by atoms with Crippen LogP contribution >= 0.6 is 15.9 Å². The number of nitrogens with one attached hydrogen (secondary N) is 1. The van der Waals surface area contributed by atoms with E-state index in [0.717, 1.165) is 37.1 Å². The van der Waals surface area contributed by atoms with Gasteiger partial charge in [0.05, 0.1) is 7.11 Å². The van der Waals surface area contributed by atoms with Gasteiger partial charge in [0.25, 0.3) is 5.56 Å². The molecule has 3 heterocycles. The number of rotatable bonds is 7. The van der Waals surface area contributed by atoms with Gasteiger partial charge in [0.1, 0.15) is 11.6 Å². The van der Waals surface area contributed by atoms with Crippen molar-refractivity contribution in [1.29, 1.82) is 0 Å². The Morgan fingerprint density at radius 1 is 1.21 bits per heavy atom. The number of aryl methyl sites for hydroxylation is 1. The van der Waals surface area contributed by atoms with Crippen LogP contribution in [0.3, 0.4) is 0 Å². The van der Waals surface area contributed by atoms with Gasteiger partial charge in [0.2, 0.25) is 5.78 Å². The summed E-state index contributed by atoms with van der Waals surface area (Å²) in [7, 11) is 1.63. The van der Waals surface area contributed by atoms with Crippen LogP contribution in [-0.4, -0.2) is 36.2 Å². The molecule has 0 unspecified atom stereocenters. The van der Waals surface area contributed by atoms with E-state index in [1.165, 1.54) is 0 Å². The second-order valence-electron chi connectivity index (χ2n) is 6.63. The first kappa shape index (κ1) is 18.7. The summed E-state index contributed by atoms with van der Waals surface area (Å²) < 4.78 is 9.50. The number of aromatic amines is 1. The Labute approximate surface area is 169 Å². The molecular formula is C19H21BrN6O2. The molecule has 8 nitrogen and oxygen atoms in total. The SMILES string of the molecule is CCCCCn1c2nc(Br)[nH]c2c(=O)n2c(Cc3ccccc3OC)nnc12. The number of hydrogen-bond acceptors (Lipinski definition) is 5. The maximum absolute atomic E-state index is 13.2. The van der Waals surface area contributed by atoms with Crippen LogP contribution in [0, 0.1) is 0 Å². The van der Waals surface area contributed by atoms with Gasteiger partial charge in [-0.2, -0.15) is 0 Å². The van der Waals surface area contributed by atoms with E-state index in [-0.39, 0.29) is 5.56 Å². The molecule has 1 aromatic carbocycles. The molecule has 0 spiro atoms. The van der Waals surface area contributed by atoms with Crippen molar-refractivity contribution in [1.82, 2.24) is 29.1 Å². The zero-order valence-electron chi connectivity index (χ0n) is 15.8. The van der Waals surface area contributed by atoms with Crippen molar-refractivity contribution >= 4 is 32.9 Å². The van der Waals surface area contributed by atoms with E-state index in [2.05, 4.69) is 43.0 Å². The Morgan fingerprint density at radius 2 is 2.04 bits per heavy atom. The summed E-state index contributed by atoms with van der Waals surface area (Å²) in [4.78, 5) is 20.6. The molecule has 4 aromatic rings. The van der Waals surface area contributed by atoms with Crippen molar-refractivity contribution < 1.29 is 4.74 Å². The molecule has 0 bridgehead atoms. The van der Waals surface area contributed by atoms with E-state index in [1.807, 2.05) is 28.8 Å². The van der Waals surface area contributed by atoms with Crippen LogP contribution < -0.4 is 10.3 Å². The van der Waals surface area contributed by atoms with E-state index < -0.39 is 0 Å². The molecule has 1 N–H and O–H groups in total. The Morgan fingerprint density at radius 3 is 2.82 bits per heavy atom. The Hall–Kier alpha value is -2.68. The number of methoxy groups -OCH3 is 1. The minimum atomic E-state index is -0.204. The van der Waals surface area contributed by atoms with Crippen molar-refractivity contribution in [3.63, 3.8) is 0 Å². The van der Waals surface area contributed by atoms with Gasteiger partial charge in [-0.1, -0.05) is 38.0 Å². The fourth-order valence-electron chi connectivity index (χ4n) is 3.44. The fraction of sp³-hybridized carbons (Fsp3) is 0.368. The molecule has 3 aromatic heterocycles. The smallest absolute Gasteiger partial charge is 0.286 e. The summed E-state index contributed by atoms with van der Waals surface area (Å²) in [6.07, 6.45) is 3.61. The summed E-state index contributed by atoms with van der Waals surface area (Å²) in [5.41, 5.74) is 1.78. The Bertz CT molecular complexity index is 1190. The second kappa shape index (κ2) is 7.75. The average Bonchev–Trinajstić information content (AvgIpc) is 3.29. The molecule has 0 radical (unpaired) electrons. The third kappa shape index (κ3) is 3.19. The Balaban J connectivity index is 1.89. The van der Waals surface area contributed by atoms with Crippen LogP contribution in [0.4, 0.5) is 0 Å². The van der Waals surface area contributed by atoms with Crippen molar-refractivity contribution in [2.45, 2.75) is 39.2 Å². The first-order chi connectivity index (χ1) is 13.6. The molecular weight excluding hydrogens is 424 g/mol. The van der Waals surface area contributed by atoms with Crippen LogP contribution in [0.15, 0.2) is 33.8 Å². The van der Waals surface area contributed by atoms with Crippen LogP contribution in [0.1, 0.15) is 37.6 Å². The molecule has 0 fully saturated rings. The lowest BCUT2D eigenvalue weighted by Crippen LogP contribution is -2.21. The van der Waals surface area contributed by atoms with Gasteiger partial charge in [-0.05, 0) is 28.4 Å². The van der Waals surface area contributed by atoms with E-state index in [9.17, 15) is 4.79 Å². The molecule has 0 aliphatic heterocycles. The molecule has 0 saturated heterocycles. The maximum atomic E-state index is 13.2. The molecule has 0 aliphatic rings. The van der Waals surface area contributed by atoms with Crippen LogP contribution in [0.5, 0.6) is 5.75 Å². The number of imidazole rings is 1. The molecule has 0 saturated carbocycles. The second-order valence-corrected chi connectivity index (χ2v) is 7.38. The van der Waals surface area contributed by atoms with Crippen LogP contribution in [0.25, 0.3) is 16.9 Å². The van der Waals surface area contributed by atoms with E-state index in [4.69, 9.17) is 4.74 Å². The monoisotopic (exact) mass is 444 g/mol. The molecule has 0 atom stereocenters. The van der Waals surface area contributed by atoms with Gasteiger partial charge < -0.3 is 9.72 Å². The normalized spacial score (nSPS) is 11.5. The standard InChI is InChI=1S/C19H21BrN6O2/c1-3-4-7-10-25-16-15(21-18(20)22-16)17(27)26-14(23-24-19(25)26)11-12-8-5-6-9-13(12)28-2/h5-6,8-9H,3-4,7,10-11H2,1-2H3,(H,21,22). The highest BCUT2D eigenvalue weighted by atomic mass is 79.9. The number of hydrogen-bond donors (Lipinski definition) is 1. The topological polar surface area (TPSA) is 90.1 Å². The van der Waals surface area contributed by atoms with Gasteiger partial charge in [-0.15, -0.1) is 10.2 Å². The largest absolute Gasteiger partial charge is 0.496 e. The summed E-state index contributed by atoms with van der Waals surface area (Å²) in [6.45, 7) is 2.88. The zero-order chi connectivity index (χ0) is 19.7. The summed E-state index contributed by atoms with van der Waals surface area (Å²) in [5, 5.41) is 8.66. The lowest BCUT2D eigenvalue weighted by Gasteiger charge is -2.10. The van der Waals surface area contributed by atoms with Gasteiger partial charge in [0, 0.05) is 18.5 Å². The third-order valence-electron chi connectivity index (χ3n) is 4.81. The molecule has 146 valence electrons. The van der Waals surface area contributed by atoms with Gasteiger partial charge >= 0.3 is 0 Å². The van der Waals surface area contributed by atoms with Crippen molar-refractivity contribution in [3.05, 3.63) is 50.7 Å². The highest BCUT2D eigenvalue weighted by Gasteiger charge is 2.20. The first-order valence-corrected chi connectivity index (χ1v) is 10.1. The number of ether oxygens (including phenoxy) is 1. The van der Waals surface area contributed by atoms with Crippen LogP contribution in [0.2, 0.25) is 0 Å². The number of H-pyrrole nitrogens is 1. The summed E-state index contributed by atoms with van der Waals surface area (Å²) in [6, 6.07) is 7.71.